The smallest absolute Gasteiger partial charge is 0.407 e. The second-order valence-corrected chi connectivity index (χ2v) is 7.87. The number of carbonyl (C=O) groups is 3. The Balaban J connectivity index is 1.73. The monoisotopic (exact) mass is 411 g/mol. The van der Waals surface area contributed by atoms with E-state index in [1.54, 1.807) is 26.8 Å². The Morgan fingerprint density at radius 2 is 1.57 bits per heavy atom. The molecule has 0 atom stereocenters. The van der Waals surface area contributed by atoms with E-state index in [1.807, 2.05) is 48.5 Å². The number of rotatable bonds is 8. The van der Waals surface area contributed by atoms with Crippen LogP contribution < -0.4 is 16.0 Å². The minimum Gasteiger partial charge on any atom is -0.444 e. The minimum absolute atomic E-state index is 0.101. The second kappa shape index (κ2) is 11.0. The third-order valence-corrected chi connectivity index (χ3v) is 3.93. The Morgan fingerprint density at radius 1 is 0.867 bits per heavy atom. The molecule has 0 bridgehead atoms. The lowest BCUT2D eigenvalue weighted by atomic mass is 10.1. The van der Waals surface area contributed by atoms with Gasteiger partial charge in [-0.05, 0) is 44.0 Å². The summed E-state index contributed by atoms with van der Waals surface area (Å²) in [4.78, 5) is 35.7. The molecule has 0 heterocycles. The van der Waals surface area contributed by atoms with Crippen molar-refractivity contribution in [3.63, 3.8) is 0 Å². The third-order valence-electron chi connectivity index (χ3n) is 3.93. The lowest BCUT2D eigenvalue weighted by Crippen LogP contribution is -2.35. The summed E-state index contributed by atoms with van der Waals surface area (Å²) >= 11 is 0. The van der Waals surface area contributed by atoms with Crippen molar-refractivity contribution in [2.24, 2.45) is 0 Å². The molecule has 2 rings (SSSR count). The Hall–Kier alpha value is -3.35. The predicted molar refractivity (Wildman–Crippen MR) is 116 cm³/mol. The highest BCUT2D eigenvalue weighted by atomic mass is 16.6. The molecule has 0 aliphatic heterocycles. The molecule has 0 saturated heterocycles. The quantitative estimate of drug-likeness (QED) is 0.620. The van der Waals surface area contributed by atoms with Crippen LogP contribution in [0.3, 0.4) is 0 Å². The van der Waals surface area contributed by atoms with E-state index in [0.717, 1.165) is 11.1 Å². The van der Waals surface area contributed by atoms with Gasteiger partial charge >= 0.3 is 6.09 Å². The molecule has 0 aliphatic rings. The van der Waals surface area contributed by atoms with Crippen molar-refractivity contribution < 1.29 is 19.1 Å². The Morgan fingerprint density at radius 3 is 2.27 bits per heavy atom. The number of nitrogens with one attached hydrogen (secondary N) is 3. The molecule has 7 heteroatoms. The van der Waals surface area contributed by atoms with Gasteiger partial charge in [-0.15, -0.1) is 0 Å². The van der Waals surface area contributed by atoms with Crippen molar-refractivity contribution >= 4 is 23.6 Å². The largest absolute Gasteiger partial charge is 0.444 e. The topological polar surface area (TPSA) is 96.5 Å². The molecule has 2 aromatic carbocycles. The maximum atomic E-state index is 12.2. The standard InChI is InChI=1S/C23H29N3O4/c1-23(2,3)30-22(29)24-13-12-20(27)25-16-18-10-7-11-19(14-18)26-21(28)15-17-8-5-4-6-9-17/h4-11,14H,12-13,15-16H2,1-3H3,(H,24,29)(H,25,27)(H,26,28). The number of benzene rings is 2. The van der Waals surface area contributed by atoms with E-state index >= 15 is 0 Å². The normalized spacial score (nSPS) is 10.8. The van der Waals surface area contributed by atoms with Crippen molar-refractivity contribution in [1.82, 2.24) is 10.6 Å². The summed E-state index contributed by atoms with van der Waals surface area (Å²) < 4.78 is 5.11. The number of hydrogen-bond acceptors (Lipinski definition) is 4. The van der Waals surface area contributed by atoms with Crippen LogP contribution in [0.25, 0.3) is 0 Å². The number of ether oxygens (including phenoxy) is 1. The fraction of sp³-hybridized carbons (Fsp3) is 0.348. The molecule has 3 amide bonds. The molecular formula is C23H29N3O4. The van der Waals surface area contributed by atoms with Crippen LogP contribution in [-0.2, 0) is 27.3 Å². The zero-order valence-electron chi connectivity index (χ0n) is 17.7. The SMILES string of the molecule is CC(C)(C)OC(=O)NCCC(=O)NCc1cccc(NC(=O)Cc2ccccc2)c1. The van der Waals surface area contributed by atoms with Crippen LogP contribution in [0.4, 0.5) is 10.5 Å². The van der Waals surface area contributed by atoms with E-state index in [9.17, 15) is 14.4 Å². The van der Waals surface area contributed by atoms with Gasteiger partial charge in [0.25, 0.3) is 0 Å². The average molecular weight is 412 g/mol. The summed E-state index contributed by atoms with van der Waals surface area (Å²) in [5.74, 6) is -0.292. The van der Waals surface area contributed by atoms with Crippen LogP contribution in [0.5, 0.6) is 0 Å². The highest BCUT2D eigenvalue weighted by Crippen LogP contribution is 2.12. The van der Waals surface area contributed by atoms with Crippen molar-refractivity contribution in [2.45, 2.75) is 45.8 Å². The van der Waals surface area contributed by atoms with Crippen molar-refractivity contribution in [3.8, 4) is 0 Å². The maximum Gasteiger partial charge on any atom is 0.407 e. The predicted octanol–water partition coefficient (Wildman–Crippen LogP) is 3.40. The lowest BCUT2D eigenvalue weighted by molar-refractivity contribution is -0.121. The highest BCUT2D eigenvalue weighted by Gasteiger charge is 2.15. The Labute approximate surface area is 177 Å². The van der Waals surface area contributed by atoms with E-state index in [1.165, 1.54) is 0 Å². The minimum atomic E-state index is -0.576. The molecule has 0 radical (unpaired) electrons. The van der Waals surface area contributed by atoms with E-state index in [2.05, 4.69) is 16.0 Å². The Bertz CT molecular complexity index is 860. The van der Waals surface area contributed by atoms with E-state index < -0.39 is 11.7 Å². The van der Waals surface area contributed by atoms with Crippen molar-refractivity contribution in [2.75, 3.05) is 11.9 Å². The number of anilines is 1. The van der Waals surface area contributed by atoms with Gasteiger partial charge in [-0.3, -0.25) is 9.59 Å². The fourth-order valence-electron chi connectivity index (χ4n) is 2.63. The van der Waals surface area contributed by atoms with E-state index in [4.69, 9.17) is 4.74 Å². The molecule has 0 spiro atoms. The number of amides is 3. The first-order valence-corrected chi connectivity index (χ1v) is 9.87. The molecule has 3 N–H and O–H groups in total. The van der Waals surface area contributed by atoms with Crippen LogP contribution in [-0.4, -0.2) is 30.1 Å². The van der Waals surface area contributed by atoms with Gasteiger partial charge in [-0.25, -0.2) is 4.79 Å². The summed E-state index contributed by atoms with van der Waals surface area (Å²) in [5.41, 5.74) is 1.90. The summed E-state index contributed by atoms with van der Waals surface area (Å²) in [7, 11) is 0. The van der Waals surface area contributed by atoms with Gasteiger partial charge in [0.2, 0.25) is 11.8 Å². The molecule has 0 fully saturated rings. The fourth-order valence-corrected chi connectivity index (χ4v) is 2.63. The first-order valence-electron chi connectivity index (χ1n) is 9.87. The van der Waals surface area contributed by atoms with Crippen LogP contribution >= 0.6 is 0 Å². The highest BCUT2D eigenvalue weighted by molar-refractivity contribution is 5.92. The van der Waals surface area contributed by atoms with E-state index in [0.29, 0.717) is 18.7 Å². The zero-order valence-corrected chi connectivity index (χ0v) is 17.7. The molecule has 30 heavy (non-hydrogen) atoms. The van der Waals surface area contributed by atoms with Crippen LogP contribution in [0.2, 0.25) is 0 Å². The summed E-state index contributed by atoms with van der Waals surface area (Å²) in [5, 5.41) is 8.22. The van der Waals surface area contributed by atoms with Crippen LogP contribution in [0.15, 0.2) is 54.6 Å². The van der Waals surface area contributed by atoms with Gasteiger partial charge in [0.1, 0.15) is 5.60 Å². The molecule has 0 unspecified atom stereocenters. The maximum absolute atomic E-state index is 12.2. The first-order chi connectivity index (χ1) is 14.2. The van der Waals surface area contributed by atoms with Crippen molar-refractivity contribution in [3.05, 3.63) is 65.7 Å². The summed E-state index contributed by atoms with van der Waals surface area (Å²) in [6.45, 7) is 5.84. The molecule has 160 valence electrons. The zero-order chi connectivity index (χ0) is 22.0. The lowest BCUT2D eigenvalue weighted by Gasteiger charge is -2.19. The molecule has 2 aromatic rings. The number of alkyl carbamates (subject to hydrolysis) is 1. The first kappa shape index (κ1) is 22.9. The van der Waals surface area contributed by atoms with E-state index in [-0.39, 0.29) is 24.8 Å². The van der Waals surface area contributed by atoms with Crippen LogP contribution in [0, 0.1) is 0 Å². The Kier molecular flexibility index (Phi) is 8.41. The molecule has 0 aromatic heterocycles. The van der Waals surface area contributed by atoms with Crippen LogP contribution in [0.1, 0.15) is 38.3 Å². The van der Waals surface area contributed by atoms with Gasteiger partial charge < -0.3 is 20.7 Å². The average Bonchev–Trinajstić information content (AvgIpc) is 2.66. The molecule has 7 nitrogen and oxygen atoms in total. The molecular weight excluding hydrogens is 382 g/mol. The molecule has 0 saturated carbocycles. The summed E-state index contributed by atoms with van der Waals surface area (Å²) in [6, 6.07) is 16.8. The van der Waals surface area contributed by atoms with Gasteiger partial charge in [0.15, 0.2) is 0 Å². The summed E-state index contributed by atoms with van der Waals surface area (Å²) in [6.07, 6.45) is -0.103. The second-order valence-electron chi connectivity index (χ2n) is 7.87. The number of hydrogen-bond donors (Lipinski definition) is 3. The molecule has 0 aliphatic carbocycles. The van der Waals surface area contributed by atoms with Gasteiger partial charge in [0.05, 0.1) is 6.42 Å². The number of carbonyl (C=O) groups excluding carboxylic acids is 3. The van der Waals surface area contributed by atoms with Gasteiger partial charge in [-0.2, -0.15) is 0 Å². The van der Waals surface area contributed by atoms with Gasteiger partial charge in [-0.1, -0.05) is 42.5 Å². The van der Waals surface area contributed by atoms with Gasteiger partial charge in [0, 0.05) is 25.2 Å². The third kappa shape index (κ3) is 9.23. The van der Waals surface area contributed by atoms with Crippen molar-refractivity contribution in [1.29, 1.82) is 0 Å².